The van der Waals surface area contributed by atoms with E-state index in [1.807, 2.05) is 0 Å². The van der Waals surface area contributed by atoms with Crippen LogP contribution in [0, 0.1) is 0 Å². The number of carbonyl (C=O) groups is 2. The van der Waals surface area contributed by atoms with Gasteiger partial charge in [0.05, 0.1) is 25.4 Å². The molecule has 560 valence electrons. The number of carbonyl (C=O) groups excluding carboxylic acids is 2. The molecule has 0 bridgehead atoms. The number of unbranched alkanes of at least 4 members (excludes halogenated alkanes) is 71. The summed E-state index contributed by atoms with van der Waals surface area (Å²) in [6.45, 7) is 5.02. The zero-order valence-electron chi connectivity index (χ0n) is 64.5. The number of ether oxygens (including phenoxy) is 1. The lowest BCUT2D eigenvalue weighted by molar-refractivity contribution is -0.143. The van der Waals surface area contributed by atoms with E-state index in [2.05, 4.69) is 31.3 Å². The molecule has 2 atom stereocenters. The average molecular weight is 1330 g/mol. The molecule has 6 heteroatoms. The highest BCUT2D eigenvalue weighted by atomic mass is 16.5. The van der Waals surface area contributed by atoms with Crippen molar-refractivity contribution in [2.75, 3.05) is 13.2 Å². The highest BCUT2D eigenvalue weighted by Gasteiger charge is 2.20. The van der Waals surface area contributed by atoms with Gasteiger partial charge in [0.2, 0.25) is 5.91 Å². The number of nitrogens with one attached hydrogen (secondary N) is 1. The summed E-state index contributed by atoms with van der Waals surface area (Å²) in [6.07, 6.45) is 108. The molecule has 1 amide bonds. The van der Waals surface area contributed by atoms with Crippen molar-refractivity contribution in [2.24, 2.45) is 0 Å². The minimum atomic E-state index is -0.662. The van der Waals surface area contributed by atoms with Gasteiger partial charge < -0.3 is 20.3 Å². The zero-order valence-corrected chi connectivity index (χ0v) is 64.5. The maximum absolute atomic E-state index is 12.6. The molecule has 0 aliphatic heterocycles. The number of aliphatic hydroxyl groups is 2. The van der Waals surface area contributed by atoms with Gasteiger partial charge in [-0.3, -0.25) is 9.59 Å². The van der Waals surface area contributed by atoms with Crippen LogP contribution in [0.15, 0.2) is 12.2 Å². The van der Waals surface area contributed by atoms with Crippen LogP contribution in [0.2, 0.25) is 0 Å². The van der Waals surface area contributed by atoms with Crippen molar-refractivity contribution in [3.63, 3.8) is 0 Å². The van der Waals surface area contributed by atoms with Gasteiger partial charge in [0.25, 0.3) is 0 Å². The summed E-state index contributed by atoms with van der Waals surface area (Å²) < 4.78 is 5.51. The Labute approximate surface area is 590 Å². The molecule has 0 aromatic heterocycles. The monoisotopic (exact) mass is 1320 g/mol. The Balaban J connectivity index is 3.32. The standard InChI is InChI=1S/C88H173NO5/c1-3-5-7-9-11-13-15-17-19-20-21-22-40-43-46-49-53-56-60-64-68-72-76-80-86(91)85(84-90)89-87(92)81-77-73-69-65-61-57-54-50-47-44-41-38-36-34-32-30-28-26-24-23-25-27-29-31-33-35-37-39-42-45-48-51-55-59-63-67-71-75-79-83-94-88(93)82-78-74-70-66-62-58-52-18-16-14-12-10-8-6-4-2/h23-24,85-86,90-91H,3-22,25-84H2,1-2H3,(H,89,92)/b24-23-. The topological polar surface area (TPSA) is 95.9 Å². The quantitative estimate of drug-likeness (QED) is 0.0320. The molecule has 0 saturated heterocycles. The summed E-state index contributed by atoms with van der Waals surface area (Å²) in [6, 6.07) is -0.539. The van der Waals surface area contributed by atoms with Gasteiger partial charge in [-0.25, -0.2) is 0 Å². The van der Waals surface area contributed by atoms with Gasteiger partial charge in [-0.1, -0.05) is 463 Å². The molecule has 0 radical (unpaired) electrons. The molecular weight excluding hydrogens is 1150 g/mol. The van der Waals surface area contributed by atoms with E-state index in [9.17, 15) is 19.8 Å². The number of aliphatic hydroxyl groups excluding tert-OH is 2. The molecule has 94 heavy (non-hydrogen) atoms. The third kappa shape index (κ3) is 79.6. The molecule has 0 aliphatic rings. The van der Waals surface area contributed by atoms with Crippen LogP contribution in [0.5, 0.6) is 0 Å². The second kappa shape index (κ2) is 84.0. The fraction of sp³-hybridized carbons (Fsp3) is 0.955. The van der Waals surface area contributed by atoms with Crippen molar-refractivity contribution in [3.8, 4) is 0 Å². The molecule has 0 aromatic rings. The van der Waals surface area contributed by atoms with Gasteiger partial charge in [0.15, 0.2) is 0 Å². The smallest absolute Gasteiger partial charge is 0.305 e. The Kier molecular flexibility index (Phi) is 82.8. The first-order valence-electron chi connectivity index (χ1n) is 43.9. The molecule has 0 fully saturated rings. The van der Waals surface area contributed by atoms with Crippen molar-refractivity contribution in [3.05, 3.63) is 12.2 Å². The van der Waals surface area contributed by atoms with E-state index in [1.54, 1.807) is 0 Å². The van der Waals surface area contributed by atoms with Crippen molar-refractivity contribution < 1.29 is 24.5 Å². The van der Waals surface area contributed by atoms with Gasteiger partial charge >= 0.3 is 5.97 Å². The van der Waals surface area contributed by atoms with E-state index >= 15 is 0 Å². The third-order valence-corrected chi connectivity index (χ3v) is 21.1. The molecule has 0 saturated carbocycles. The minimum absolute atomic E-state index is 0.0241. The Hall–Kier alpha value is -1.40. The zero-order chi connectivity index (χ0) is 67.7. The van der Waals surface area contributed by atoms with E-state index in [1.165, 1.54) is 443 Å². The van der Waals surface area contributed by atoms with Gasteiger partial charge in [0, 0.05) is 12.8 Å². The summed E-state index contributed by atoms with van der Waals surface area (Å²) in [4.78, 5) is 24.7. The molecular formula is C88H173NO5. The van der Waals surface area contributed by atoms with E-state index in [0.29, 0.717) is 25.9 Å². The summed E-state index contributed by atoms with van der Waals surface area (Å²) in [7, 11) is 0. The van der Waals surface area contributed by atoms with Gasteiger partial charge in [-0.05, 0) is 51.4 Å². The molecule has 6 nitrogen and oxygen atoms in total. The molecule has 0 aliphatic carbocycles. The first kappa shape index (κ1) is 92.6. The lowest BCUT2D eigenvalue weighted by Gasteiger charge is -2.22. The van der Waals surface area contributed by atoms with Gasteiger partial charge in [0.1, 0.15) is 0 Å². The van der Waals surface area contributed by atoms with Crippen LogP contribution in [0.25, 0.3) is 0 Å². The molecule has 2 unspecified atom stereocenters. The molecule has 0 rings (SSSR count). The SMILES string of the molecule is CCCCCCCCCCCCCCCCCCCCCCCCCC(O)C(CO)NC(=O)CCCCCCCCCCCCCCCCCCC/C=C\CCCCCCCCCCCCCCCCCCCCOC(=O)CCCCCCCCCCCCCCCCC. The highest BCUT2D eigenvalue weighted by molar-refractivity contribution is 5.76. The van der Waals surface area contributed by atoms with Gasteiger partial charge in [-0.2, -0.15) is 0 Å². The molecule has 0 spiro atoms. The number of hydrogen-bond acceptors (Lipinski definition) is 5. The van der Waals surface area contributed by atoms with Crippen molar-refractivity contribution in [2.45, 2.75) is 527 Å². The Morgan fingerprint density at radius 2 is 0.500 bits per heavy atom. The van der Waals surface area contributed by atoms with Crippen LogP contribution in [0.1, 0.15) is 515 Å². The normalized spacial score (nSPS) is 12.4. The van der Waals surface area contributed by atoms with Crippen molar-refractivity contribution >= 4 is 11.9 Å². The van der Waals surface area contributed by atoms with Crippen molar-refractivity contribution in [1.29, 1.82) is 0 Å². The molecule has 3 N–H and O–H groups in total. The maximum Gasteiger partial charge on any atom is 0.305 e. The first-order chi connectivity index (χ1) is 46.5. The summed E-state index contributed by atoms with van der Waals surface area (Å²) in [5.74, 6) is 0.00275. The lowest BCUT2D eigenvalue weighted by atomic mass is 10.0. The Morgan fingerprint density at radius 1 is 0.287 bits per heavy atom. The highest BCUT2D eigenvalue weighted by Crippen LogP contribution is 2.21. The first-order valence-corrected chi connectivity index (χ1v) is 43.9. The van der Waals surface area contributed by atoms with E-state index in [4.69, 9.17) is 4.74 Å². The fourth-order valence-corrected chi connectivity index (χ4v) is 14.4. The van der Waals surface area contributed by atoms with E-state index in [0.717, 1.165) is 38.5 Å². The van der Waals surface area contributed by atoms with Crippen molar-refractivity contribution in [1.82, 2.24) is 5.32 Å². The molecule has 0 aromatic carbocycles. The number of amides is 1. The summed E-state index contributed by atoms with van der Waals surface area (Å²) >= 11 is 0. The van der Waals surface area contributed by atoms with Crippen LogP contribution >= 0.6 is 0 Å². The number of hydrogen-bond donors (Lipinski definition) is 3. The van der Waals surface area contributed by atoms with Crippen LogP contribution < -0.4 is 5.32 Å². The van der Waals surface area contributed by atoms with Crippen LogP contribution in [0.4, 0.5) is 0 Å². The lowest BCUT2D eigenvalue weighted by Crippen LogP contribution is -2.45. The maximum atomic E-state index is 12.6. The predicted molar refractivity (Wildman–Crippen MR) is 417 cm³/mol. The average Bonchev–Trinajstić information content (AvgIpc) is 3.23. The van der Waals surface area contributed by atoms with E-state index in [-0.39, 0.29) is 18.5 Å². The summed E-state index contributed by atoms with van der Waals surface area (Å²) in [5, 5.41) is 23.5. The van der Waals surface area contributed by atoms with E-state index < -0.39 is 12.1 Å². The third-order valence-electron chi connectivity index (χ3n) is 21.1. The molecule has 0 heterocycles. The largest absolute Gasteiger partial charge is 0.466 e. The van der Waals surface area contributed by atoms with Crippen LogP contribution in [-0.4, -0.2) is 47.4 Å². The number of rotatable bonds is 84. The van der Waals surface area contributed by atoms with Crippen LogP contribution in [0.3, 0.4) is 0 Å². The number of allylic oxidation sites excluding steroid dienone is 2. The summed E-state index contributed by atoms with van der Waals surface area (Å²) in [5.41, 5.74) is 0. The minimum Gasteiger partial charge on any atom is -0.466 e. The fourth-order valence-electron chi connectivity index (χ4n) is 14.4. The van der Waals surface area contributed by atoms with Gasteiger partial charge in [-0.15, -0.1) is 0 Å². The second-order valence-corrected chi connectivity index (χ2v) is 30.6. The second-order valence-electron chi connectivity index (χ2n) is 30.6. The number of esters is 1. The predicted octanol–water partition coefficient (Wildman–Crippen LogP) is 29.4. The van der Waals surface area contributed by atoms with Crippen LogP contribution in [-0.2, 0) is 14.3 Å². The Morgan fingerprint density at radius 3 is 0.755 bits per heavy atom. The Bertz CT molecular complexity index is 1430.